The van der Waals surface area contributed by atoms with Crippen LogP contribution in [-0.2, 0) is 4.74 Å². The molecule has 154 valence electrons. The lowest BCUT2D eigenvalue weighted by Crippen LogP contribution is -2.31. The van der Waals surface area contributed by atoms with E-state index in [9.17, 15) is 9.59 Å². The van der Waals surface area contributed by atoms with E-state index in [1.165, 1.54) is 19.2 Å². The third-order valence-electron chi connectivity index (χ3n) is 4.20. The SMILES string of the molecule is COCCNC(=O)Nc1cc(C(=O)NO)cc(-c2ccc(-c3cccnc3)cc2)n1. The van der Waals surface area contributed by atoms with Gasteiger partial charge in [-0.15, -0.1) is 0 Å². The molecular weight excluding hydrogens is 386 g/mol. The van der Waals surface area contributed by atoms with Crippen LogP contribution < -0.4 is 16.1 Å². The smallest absolute Gasteiger partial charge is 0.320 e. The minimum absolute atomic E-state index is 0.144. The molecule has 0 atom stereocenters. The summed E-state index contributed by atoms with van der Waals surface area (Å²) in [6.45, 7) is 0.685. The molecule has 2 aromatic heterocycles. The quantitative estimate of drug-likeness (QED) is 0.271. The number of carbonyl (C=O) groups excluding carboxylic acids is 2. The molecule has 9 nitrogen and oxygen atoms in total. The number of aromatic nitrogens is 2. The van der Waals surface area contributed by atoms with Crippen molar-refractivity contribution in [1.29, 1.82) is 0 Å². The Kier molecular flexibility index (Phi) is 7.04. The van der Waals surface area contributed by atoms with Crippen molar-refractivity contribution in [1.82, 2.24) is 20.8 Å². The van der Waals surface area contributed by atoms with Crippen LogP contribution in [0.15, 0.2) is 60.9 Å². The van der Waals surface area contributed by atoms with Crippen LogP contribution in [0.2, 0.25) is 0 Å². The number of rotatable bonds is 7. The lowest BCUT2D eigenvalue weighted by molar-refractivity contribution is 0.0706. The summed E-state index contributed by atoms with van der Waals surface area (Å²) in [7, 11) is 1.53. The van der Waals surface area contributed by atoms with E-state index in [2.05, 4.69) is 20.6 Å². The molecule has 4 N–H and O–H groups in total. The molecule has 9 heteroatoms. The van der Waals surface area contributed by atoms with Crippen molar-refractivity contribution in [3.05, 3.63) is 66.5 Å². The Bertz CT molecular complexity index is 1010. The van der Waals surface area contributed by atoms with Crippen LogP contribution in [0.25, 0.3) is 22.4 Å². The lowest BCUT2D eigenvalue weighted by atomic mass is 10.0. The maximum absolute atomic E-state index is 12.0. The van der Waals surface area contributed by atoms with E-state index in [0.29, 0.717) is 18.8 Å². The van der Waals surface area contributed by atoms with Gasteiger partial charge in [-0.2, -0.15) is 0 Å². The number of nitrogens with one attached hydrogen (secondary N) is 3. The van der Waals surface area contributed by atoms with Crippen molar-refractivity contribution < 1.29 is 19.5 Å². The Labute approximate surface area is 173 Å². The molecule has 0 bridgehead atoms. The number of anilines is 1. The van der Waals surface area contributed by atoms with Crippen molar-refractivity contribution >= 4 is 17.8 Å². The molecule has 0 aliphatic carbocycles. The largest absolute Gasteiger partial charge is 0.383 e. The highest BCUT2D eigenvalue weighted by molar-refractivity contribution is 5.97. The molecule has 2 heterocycles. The van der Waals surface area contributed by atoms with Crippen molar-refractivity contribution in [3.63, 3.8) is 0 Å². The summed E-state index contributed by atoms with van der Waals surface area (Å²) in [4.78, 5) is 32.5. The molecule has 0 radical (unpaired) electrons. The van der Waals surface area contributed by atoms with Gasteiger partial charge in [-0.3, -0.25) is 20.3 Å². The highest BCUT2D eigenvalue weighted by Crippen LogP contribution is 2.25. The van der Waals surface area contributed by atoms with Gasteiger partial charge in [0.1, 0.15) is 5.82 Å². The second-order valence-electron chi connectivity index (χ2n) is 6.26. The first-order valence-electron chi connectivity index (χ1n) is 9.12. The zero-order valence-corrected chi connectivity index (χ0v) is 16.3. The van der Waals surface area contributed by atoms with Crippen LogP contribution in [0.3, 0.4) is 0 Å². The molecule has 0 saturated heterocycles. The number of nitrogens with zero attached hydrogens (tertiary/aromatic N) is 2. The highest BCUT2D eigenvalue weighted by Gasteiger charge is 2.13. The van der Waals surface area contributed by atoms with Gasteiger partial charge < -0.3 is 10.1 Å². The Morgan fingerprint density at radius 2 is 1.83 bits per heavy atom. The third-order valence-corrected chi connectivity index (χ3v) is 4.20. The van der Waals surface area contributed by atoms with Crippen molar-refractivity contribution in [2.45, 2.75) is 0 Å². The van der Waals surface area contributed by atoms with Gasteiger partial charge in [0.2, 0.25) is 0 Å². The molecule has 0 fully saturated rings. The highest BCUT2D eigenvalue weighted by atomic mass is 16.5. The van der Waals surface area contributed by atoms with Crippen LogP contribution in [0.4, 0.5) is 10.6 Å². The Hall–Kier alpha value is -3.82. The number of hydrogen-bond acceptors (Lipinski definition) is 6. The Morgan fingerprint density at radius 1 is 1.07 bits per heavy atom. The van der Waals surface area contributed by atoms with Gasteiger partial charge in [0, 0.05) is 37.2 Å². The molecule has 3 aromatic rings. The predicted molar refractivity (Wildman–Crippen MR) is 111 cm³/mol. The summed E-state index contributed by atoms with van der Waals surface area (Å²) in [5.74, 6) is -0.550. The van der Waals surface area contributed by atoms with E-state index < -0.39 is 11.9 Å². The van der Waals surface area contributed by atoms with Crippen molar-refractivity contribution in [2.75, 3.05) is 25.6 Å². The fraction of sp³-hybridized carbons (Fsp3) is 0.143. The van der Waals surface area contributed by atoms with E-state index in [-0.39, 0.29) is 11.4 Å². The molecule has 30 heavy (non-hydrogen) atoms. The molecule has 1 aromatic carbocycles. The number of pyridine rings is 2. The van der Waals surface area contributed by atoms with Gasteiger partial charge in [0.05, 0.1) is 12.3 Å². The Morgan fingerprint density at radius 3 is 2.50 bits per heavy atom. The summed E-state index contributed by atoms with van der Waals surface area (Å²) in [6.07, 6.45) is 3.48. The number of carbonyl (C=O) groups is 2. The minimum Gasteiger partial charge on any atom is -0.383 e. The first-order valence-corrected chi connectivity index (χ1v) is 9.12. The molecule has 0 saturated carbocycles. The monoisotopic (exact) mass is 407 g/mol. The summed E-state index contributed by atoms with van der Waals surface area (Å²) in [6, 6.07) is 13.8. The maximum atomic E-state index is 12.0. The number of hydroxylamine groups is 1. The minimum atomic E-state index is -0.714. The number of urea groups is 1. The molecule has 0 unspecified atom stereocenters. The normalized spacial score (nSPS) is 10.3. The summed E-state index contributed by atoms with van der Waals surface area (Å²) in [5.41, 5.74) is 4.88. The standard InChI is InChI=1S/C21H21N5O4/c1-30-10-9-23-21(28)25-19-12-17(20(27)26-29)11-18(24-19)15-6-4-14(5-7-15)16-3-2-8-22-13-16/h2-8,11-13,29H,9-10H2,1H3,(H,26,27)(H2,23,24,25,28). The average Bonchev–Trinajstić information content (AvgIpc) is 2.79. The fourth-order valence-corrected chi connectivity index (χ4v) is 2.73. The van der Waals surface area contributed by atoms with E-state index in [1.807, 2.05) is 36.4 Å². The molecule has 0 aliphatic heterocycles. The van der Waals surface area contributed by atoms with E-state index >= 15 is 0 Å². The zero-order valence-electron chi connectivity index (χ0n) is 16.3. The molecule has 3 amide bonds. The third kappa shape index (κ3) is 5.37. The van der Waals surface area contributed by atoms with Gasteiger partial charge in [-0.1, -0.05) is 30.3 Å². The van der Waals surface area contributed by atoms with Gasteiger partial charge in [-0.05, 0) is 29.3 Å². The summed E-state index contributed by atoms with van der Waals surface area (Å²) in [5, 5.41) is 14.2. The molecular formula is C21H21N5O4. The first-order chi connectivity index (χ1) is 14.6. The summed E-state index contributed by atoms with van der Waals surface area (Å²) < 4.78 is 4.88. The van der Waals surface area contributed by atoms with Gasteiger partial charge in [0.15, 0.2) is 0 Å². The second kappa shape index (κ2) is 10.1. The van der Waals surface area contributed by atoms with Crippen LogP contribution in [0.1, 0.15) is 10.4 Å². The molecule has 3 rings (SSSR count). The Balaban J connectivity index is 1.87. The second-order valence-corrected chi connectivity index (χ2v) is 6.26. The van der Waals surface area contributed by atoms with Crippen LogP contribution >= 0.6 is 0 Å². The topological polar surface area (TPSA) is 125 Å². The van der Waals surface area contributed by atoms with Gasteiger partial charge in [0.25, 0.3) is 5.91 Å². The number of amides is 3. The van der Waals surface area contributed by atoms with Crippen molar-refractivity contribution in [2.24, 2.45) is 0 Å². The average molecular weight is 407 g/mol. The fourth-order valence-electron chi connectivity index (χ4n) is 2.73. The van der Waals surface area contributed by atoms with Gasteiger partial charge >= 0.3 is 6.03 Å². The van der Waals surface area contributed by atoms with Gasteiger partial charge in [-0.25, -0.2) is 15.3 Å². The van der Waals surface area contributed by atoms with Crippen LogP contribution in [0.5, 0.6) is 0 Å². The van der Waals surface area contributed by atoms with Crippen LogP contribution in [-0.4, -0.2) is 47.4 Å². The molecule has 0 spiro atoms. The number of hydrogen-bond donors (Lipinski definition) is 4. The van der Waals surface area contributed by atoms with Crippen LogP contribution in [0, 0.1) is 0 Å². The molecule has 0 aliphatic rings. The number of benzene rings is 1. The number of ether oxygens (including phenoxy) is 1. The first kappa shape index (κ1) is 20.9. The lowest BCUT2D eigenvalue weighted by Gasteiger charge is -2.11. The summed E-state index contributed by atoms with van der Waals surface area (Å²) >= 11 is 0. The zero-order chi connectivity index (χ0) is 21.3. The van der Waals surface area contributed by atoms with E-state index in [4.69, 9.17) is 9.94 Å². The van der Waals surface area contributed by atoms with Crippen molar-refractivity contribution in [3.8, 4) is 22.4 Å². The van der Waals surface area contributed by atoms with E-state index in [0.717, 1.165) is 16.7 Å². The number of methoxy groups -OCH3 is 1. The maximum Gasteiger partial charge on any atom is 0.320 e. The van der Waals surface area contributed by atoms with E-state index in [1.54, 1.807) is 17.9 Å². The predicted octanol–water partition coefficient (Wildman–Crippen LogP) is 2.70.